The quantitative estimate of drug-likeness (QED) is 0.561. The van der Waals surface area contributed by atoms with Gasteiger partial charge in [0, 0.05) is 21.5 Å². The topological polar surface area (TPSA) is 48.4 Å². The summed E-state index contributed by atoms with van der Waals surface area (Å²) in [5, 5.41) is 3.08. The van der Waals surface area contributed by atoms with E-state index in [4.69, 9.17) is 21.1 Å². The summed E-state index contributed by atoms with van der Waals surface area (Å²) >= 11 is 7.37. The molecule has 0 radical (unpaired) electrons. The van der Waals surface area contributed by atoms with Crippen LogP contribution >= 0.6 is 22.9 Å². The van der Waals surface area contributed by atoms with Gasteiger partial charge < -0.3 is 9.47 Å². The maximum absolute atomic E-state index is 13.0. The zero-order valence-electron chi connectivity index (χ0n) is 13.9. The molecule has 0 amide bonds. The van der Waals surface area contributed by atoms with Crippen LogP contribution < -0.4 is 4.74 Å². The summed E-state index contributed by atoms with van der Waals surface area (Å²) in [6, 6.07) is 11.2. The first-order valence-corrected chi connectivity index (χ1v) is 8.99. The molecule has 2 aromatic carbocycles. The van der Waals surface area contributed by atoms with Crippen LogP contribution in [0.3, 0.4) is 0 Å². The average Bonchev–Trinajstić information content (AvgIpc) is 3.10. The van der Waals surface area contributed by atoms with Gasteiger partial charge in [0.1, 0.15) is 23.2 Å². The second-order valence-electron chi connectivity index (χ2n) is 5.44. The van der Waals surface area contributed by atoms with Crippen LogP contribution in [-0.2, 0) is 22.6 Å². The van der Waals surface area contributed by atoms with Crippen molar-refractivity contribution in [3.8, 4) is 16.3 Å². The molecule has 0 atom stereocenters. The summed E-state index contributed by atoms with van der Waals surface area (Å²) < 4.78 is 23.5. The van der Waals surface area contributed by atoms with E-state index in [9.17, 15) is 9.18 Å². The predicted octanol–water partition coefficient (Wildman–Crippen LogP) is 4.90. The monoisotopic (exact) mass is 391 g/mol. The fourth-order valence-corrected chi connectivity index (χ4v) is 3.35. The molecule has 134 valence electrons. The maximum Gasteiger partial charge on any atom is 0.310 e. The average molecular weight is 392 g/mol. The van der Waals surface area contributed by atoms with Gasteiger partial charge in [-0.2, -0.15) is 0 Å². The van der Waals surface area contributed by atoms with Crippen molar-refractivity contribution in [1.29, 1.82) is 0 Å². The molecule has 0 aliphatic heterocycles. The van der Waals surface area contributed by atoms with Gasteiger partial charge in [0.2, 0.25) is 0 Å². The van der Waals surface area contributed by atoms with E-state index >= 15 is 0 Å². The number of hydrogen-bond donors (Lipinski definition) is 0. The van der Waals surface area contributed by atoms with Crippen molar-refractivity contribution in [2.24, 2.45) is 0 Å². The van der Waals surface area contributed by atoms with E-state index < -0.39 is 5.97 Å². The Hall–Kier alpha value is -2.44. The lowest BCUT2D eigenvalue weighted by Gasteiger charge is -2.08. The number of thiazole rings is 1. The molecule has 1 aromatic heterocycles. The van der Waals surface area contributed by atoms with Gasteiger partial charge >= 0.3 is 5.97 Å². The molecule has 0 saturated carbocycles. The van der Waals surface area contributed by atoms with Gasteiger partial charge in [-0.3, -0.25) is 4.79 Å². The highest BCUT2D eigenvalue weighted by Gasteiger charge is 2.12. The molecule has 0 bridgehead atoms. The Labute approximate surface area is 159 Å². The number of nitrogens with zero attached hydrogens (tertiary/aromatic N) is 1. The van der Waals surface area contributed by atoms with Crippen molar-refractivity contribution in [2.45, 2.75) is 13.0 Å². The van der Waals surface area contributed by atoms with Crippen molar-refractivity contribution in [1.82, 2.24) is 4.98 Å². The van der Waals surface area contributed by atoms with Crippen LogP contribution in [0.5, 0.6) is 5.75 Å². The van der Waals surface area contributed by atoms with Crippen LogP contribution in [0.2, 0.25) is 5.02 Å². The van der Waals surface area contributed by atoms with E-state index in [1.807, 2.05) is 5.38 Å². The Bertz CT molecular complexity index is 911. The minimum atomic E-state index is -0.401. The Morgan fingerprint density at radius 2 is 2.00 bits per heavy atom. The third-order valence-corrected chi connectivity index (χ3v) is 4.78. The van der Waals surface area contributed by atoms with Crippen molar-refractivity contribution in [3.05, 3.63) is 69.9 Å². The molecule has 0 saturated heterocycles. The third kappa shape index (κ3) is 4.59. The van der Waals surface area contributed by atoms with Gasteiger partial charge in [-0.15, -0.1) is 11.3 Å². The van der Waals surface area contributed by atoms with E-state index in [1.54, 1.807) is 30.3 Å². The molecule has 0 spiro atoms. The van der Waals surface area contributed by atoms with Crippen LogP contribution in [-0.4, -0.2) is 18.1 Å². The van der Waals surface area contributed by atoms with Crippen molar-refractivity contribution in [3.63, 3.8) is 0 Å². The first kappa shape index (κ1) is 18.4. The lowest BCUT2D eigenvalue weighted by atomic mass is 10.1. The van der Waals surface area contributed by atoms with Crippen LogP contribution in [0.1, 0.15) is 11.3 Å². The molecule has 1 heterocycles. The summed E-state index contributed by atoms with van der Waals surface area (Å²) in [4.78, 5) is 16.5. The molecule has 0 fully saturated rings. The molecule has 3 aromatic rings. The van der Waals surface area contributed by atoms with Crippen LogP contribution in [0.4, 0.5) is 4.39 Å². The highest BCUT2D eigenvalue weighted by molar-refractivity contribution is 7.13. The number of halogens is 2. The lowest BCUT2D eigenvalue weighted by molar-refractivity contribution is -0.144. The molecular formula is C19H15ClFNO3S. The summed E-state index contributed by atoms with van der Waals surface area (Å²) in [5.74, 6) is -0.114. The van der Waals surface area contributed by atoms with Crippen molar-refractivity contribution < 1.29 is 18.7 Å². The molecule has 0 unspecified atom stereocenters. The molecule has 4 nitrogen and oxygen atoms in total. The van der Waals surface area contributed by atoms with E-state index in [-0.39, 0.29) is 18.8 Å². The zero-order chi connectivity index (χ0) is 18.5. The number of rotatable bonds is 6. The molecule has 0 aliphatic carbocycles. The van der Waals surface area contributed by atoms with E-state index in [0.29, 0.717) is 22.0 Å². The van der Waals surface area contributed by atoms with Crippen LogP contribution in [0.15, 0.2) is 47.8 Å². The number of carbonyl (C=O) groups excluding carboxylic acids is 1. The molecule has 26 heavy (non-hydrogen) atoms. The summed E-state index contributed by atoms with van der Waals surface area (Å²) in [6.45, 7) is 0.0689. The van der Waals surface area contributed by atoms with Gasteiger partial charge in [-0.1, -0.05) is 11.6 Å². The molecule has 7 heteroatoms. The standard InChI is InChI=1S/C19H15ClFNO3S/c1-24-17-7-4-14(20)8-13(17)9-18(23)25-10-16-11-26-19(22-16)12-2-5-15(21)6-3-12/h2-8,11H,9-10H2,1H3. The van der Waals surface area contributed by atoms with E-state index in [0.717, 1.165) is 10.6 Å². The van der Waals surface area contributed by atoms with Gasteiger partial charge in [0.05, 0.1) is 19.2 Å². The number of ether oxygens (including phenoxy) is 2. The zero-order valence-corrected chi connectivity index (χ0v) is 15.4. The number of esters is 1. The molecular weight excluding hydrogens is 377 g/mol. The Kier molecular flexibility index (Phi) is 5.85. The maximum atomic E-state index is 13.0. The largest absolute Gasteiger partial charge is 0.496 e. The number of methoxy groups -OCH3 is 1. The fraction of sp³-hybridized carbons (Fsp3) is 0.158. The van der Waals surface area contributed by atoms with Gasteiger partial charge in [-0.25, -0.2) is 9.37 Å². The number of carbonyl (C=O) groups is 1. The van der Waals surface area contributed by atoms with Gasteiger partial charge in [-0.05, 0) is 42.5 Å². The smallest absolute Gasteiger partial charge is 0.310 e. The van der Waals surface area contributed by atoms with E-state index in [2.05, 4.69) is 4.98 Å². The second kappa shape index (κ2) is 8.29. The predicted molar refractivity (Wildman–Crippen MR) is 99.0 cm³/mol. The van der Waals surface area contributed by atoms with Crippen molar-refractivity contribution >= 4 is 28.9 Å². The highest BCUT2D eigenvalue weighted by atomic mass is 35.5. The van der Waals surface area contributed by atoms with Gasteiger partial charge in [0.25, 0.3) is 0 Å². The Balaban J connectivity index is 1.60. The van der Waals surface area contributed by atoms with Gasteiger partial charge in [0.15, 0.2) is 0 Å². The fourth-order valence-electron chi connectivity index (χ4n) is 2.34. The normalized spacial score (nSPS) is 10.6. The molecule has 0 aliphatic rings. The summed E-state index contributed by atoms with van der Waals surface area (Å²) in [6.07, 6.45) is 0.0543. The first-order chi connectivity index (χ1) is 12.5. The minimum absolute atomic E-state index is 0.0543. The molecule has 0 N–H and O–H groups in total. The molecule has 3 rings (SSSR count). The number of hydrogen-bond acceptors (Lipinski definition) is 5. The van der Waals surface area contributed by atoms with Crippen LogP contribution in [0, 0.1) is 5.82 Å². The first-order valence-electron chi connectivity index (χ1n) is 7.73. The highest BCUT2D eigenvalue weighted by Crippen LogP contribution is 2.25. The SMILES string of the molecule is COc1ccc(Cl)cc1CC(=O)OCc1csc(-c2ccc(F)cc2)n1. The lowest BCUT2D eigenvalue weighted by Crippen LogP contribution is -2.09. The Morgan fingerprint density at radius 1 is 1.23 bits per heavy atom. The Morgan fingerprint density at radius 3 is 2.73 bits per heavy atom. The van der Waals surface area contributed by atoms with Crippen molar-refractivity contribution in [2.75, 3.05) is 7.11 Å². The van der Waals surface area contributed by atoms with E-state index in [1.165, 1.54) is 30.6 Å². The third-order valence-electron chi connectivity index (χ3n) is 3.60. The number of benzene rings is 2. The second-order valence-corrected chi connectivity index (χ2v) is 6.74. The van der Waals surface area contributed by atoms with Crippen LogP contribution in [0.25, 0.3) is 10.6 Å². The summed E-state index contributed by atoms with van der Waals surface area (Å²) in [7, 11) is 1.53. The number of aromatic nitrogens is 1. The minimum Gasteiger partial charge on any atom is -0.496 e. The summed E-state index contributed by atoms with van der Waals surface area (Å²) in [5.41, 5.74) is 2.12.